The Kier molecular flexibility index (Phi) is 8.34. The Balaban J connectivity index is 1.10. The normalized spacial score (nSPS) is 14.0. The topological polar surface area (TPSA) is 129 Å². The summed E-state index contributed by atoms with van der Waals surface area (Å²) < 4.78 is 37.2. The number of nitrogens with one attached hydrogen (secondary N) is 2. The summed E-state index contributed by atoms with van der Waals surface area (Å²) in [5.41, 5.74) is 0.322. The van der Waals surface area contributed by atoms with E-state index in [1.165, 1.54) is 12.3 Å². The third-order valence-electron chi connectivity index (χ3n) is 7.00. The zero-order chi connectivity index (χ0) is 31.2. The van der Waals surface area contributed by atoms with Crippen LogP contribution in [0.4, 0.5) is 9.18 Å². The Labute approximate surface area is 256 Å². The second kappa shape index (κ2) is 12.8. The third kappa shape index (κ3) is 6.58. The largest absolute Gasteiger partial charge is 0.467 e. The number of benzene rings is 4. The Morgan fingerprint density at radius 3 is 2.07 bits per heavy atom. The molecule has 2 N–H and O–H groups in total. The van der Waals surface area contributed by atoms with Crippen LogP contribution in [-0.2, 0) is 20.9 Å². The minimum absolute atomic E-state index is 0.0130. The monoisotopic (exact) mass is 607 g/mol. The van der Waals surface area contributed by atoms with Gasteiger partial charge in [-0.15, -0.1) is 0 Å². The quantitative estimate of drug-likeness (QED) is 0.138. The lowest BCUT2D eigenvalue weighted by Gasteiger charge is -2.34. The third-order valence-corrected chi connectivity index (χ3v) is 7.00. The Morgan fingerprint density at radius 1 is 0.756 bits per heavy atom. The summed E-state index contributed by atoms with van der Waals surface area (Å²) in [6, 6.07) is 28.1. The van der Waals surface area contributed by atoms with Gasteiger partial charge in [0.2, 0.25) is 5.89 Å². The molecule has 1 aromatic heterocycles. The summed E-state index contributed by atoms with van der Waals surface area (Å²) in [6.07, 6.45) is 1.27. The van der Waals surface area contributed by atoms with Crippen molar-refractivity contribution >= 4 is 17.8 Å². The second-order valence-electron chi connectivity index (χ2n) is 10.1. The van der Waals surface area contributed by atoms with Gasteiger partial charge in [-0.05, 0) is 66.2 Å². The van der Waals surface area contributed by atoms with Crippen LogP contribution in [0.25, 0.3) is 22.7 Å². The fourth-order valence-electron chi connectivity index (χ4n) is 4.67. The van der Waals surface area contributed by atoms with Gasteiger partial charge in [0.25, 0.3) is 17.4 Å². The van der Waals surface area contributed by atoms with Crippen LogP contribution in [0.2, 0.25) is 0 Å². The van der Waals surface area contributed by atoms with E-state index in [0.717, 1.165) is 5.56 Å². The first-order valence-corrected chi connectivity index (χ1v) is 14.0. The van der Waals surface area contributed by atoms with E-state index < -0.39 is 23.4 Å². The maximum atomic E-state index is 14.1. The highest BCUT2D eigenvalue weighted by atomic mass is 19.1. The van der Waals surface area contributed by atoms with Crippen LogP contribution in [0.1, 0.15) is 12.0 Å². The number of urea groups is 1. The molecule has 2 heterocycles. The first-order chi connectivity index (χ1) is 21.9. The molecule has 4 aromatic carbocycles. The molecule has 0 saturated carbocycles. The lowest BCUT2D eigenvalue weighted by molar-refractivity contribution is -0.153. The van der Waals surface area contributed by atoms with Gasteiger partial charge in [-0.1, -0.05) is 42.5 Å². The van der Waals surface area contributed by atoms with Gasteiger partial charge < -0.3 is 18.6 Å². The standard InChI is InChI=1S/C34H26FN3O7/c35-28-9-5-4-8-27(28)29-21-43-30(36-29)23-10-12-24(13-11-23)44-25-14-16-26(17-15-25)45-34(31(39)37-33(41)38-32(34)40)18-19-42-20-22-6-2-1-3-7-22/h1-17,21H,18-20H2,(H2,37,38,39,40,41). The van der Waals surface area contributed by atoms with E-state index in [-0.39, 0.29) is 31.2 Å². The zero-order valence-electron chi connectivity index (χ0n) is 23.7. The summed E-state index contributed by atoms with van der Waals surface area (Å²) in [6.45, 7) is 0.290. The molecule has 1 aliphatic heterocycles. The number of carbonyl (C=O) groups is 3. The summed E-state index contributed by atoms with van der Waals surface area (Å²) in [5, 5.41) is 4.22. The van der Waals surface area contributed by atoms with Gasteiger partial charge in [0.05, 0.1) is 13.2 Å². The summed E-state index contributed by atoms with van der Waals surface area (Å²) in [5.74, 6) is -0.640. The molecule has 11 heteroatoms. The van der Waals surface area contributed by atoms with E-state index in [4.69, 9.17) is 18.6 Å². The van der Waals surface area contributed by atoms with Crippen molar-refractivity contribution in [2.24, 2.45) is 0 Å². The summed E-state index contributed by atoms with van der Waals surface area (Å²) >= 11 is 0. The molecule has 0 unspecified atom stereocenters. The number of amides is 4. The van der Waals surface area contributed by atoms with Crippen molar-refractivity contribution in [3.63, 3.8) is 0 Å². The molecular weight excluding hydrogens is 581 g/mol. The van der Waals surface area contributed by atoms with Crippen LogP contribution in [0.5, 0.6) is 17.2 Å². The van der Waals surface area contributed by atoms with E-state index in [1.54, 1.807) is 66.7 Å². The fourth-order valence-corrected chi connectivity index (χ4v) is 4.67. The van der Waals surface area contributed by atoms with Gasteiger partial charge in [-0.25, -0.2) is 14.2 Å². The molecule has 1 fully saturated rings. The molecule has 0 bridgehead atoms. The highest BCUT2D eigenvalue weighted by Gasteiger charge is 2.52. The molecule has 45 heavy (non-hydrogen) atoms. The van der Waals surface area contributed by atoms with Gasteiger partial charge in [0.1, 0.15) is 35.0 Å². The number of ether oxygens (including phenoxy) is 3. The zero-order valence-corrected chi connectivity index (χ0v) is 23.7. The number of halogens is 1. The van der Waals surface area contributed by atoms with Crippen molar-refractivity contribution in [3.8, 4) is 40.0 Å². The van der Waals surface area contributed by atoms with Crippen LogP contribution in [0, 0.1) is 5.82 Å². The van der Waals surface area contributed by atoms with E-state index in [1.807, 2.05) is 30.3 Å². The lowest BCUT2D eigenvalue weighted by Crippen LogP contribution is -2.69. The number of nitrogens with zero attached hydrogens (tertiary/aromatic N) is 1. The molecule has 0 radical (unpaired) electrons. The molecule has 0 atom stereocenters. The van der Waals surface area contributed by atoms with E-state index in [2.05, 4.69) is 15.6 Å². The van der Waals surface area contributed by atoms with Gasteiger partial charge in [-0.2, -0.15) is 0 Å². The molecule has 5 aromatic rings. The number of barbiturate groups is 1. The van der Waals surface area contributed by atoms with E-state index in [0.29, 0.717) is 34.2 Å². The number of aromatic nitrogens is 1. The highest BCUT2D eigenvalue weighted by Crippen LogP contribution is 2.31. The number of hydrogen-bond donors (Lipinski definition) is 2. The first kappa shape index (κ1) is 29.3. The van der Waals surface area contributed by atoms with E-state index in [9.17, 15) is 18.8 Å². The second-order valence-corrected chi connectivity index (χ2v) is 10.1. The fraction of sp³-hybridized carbons (Fsp3) is 0.118. The molecule has 1 aliphatic rings. The van der Waals surface area contributed by atoms with Crippen molar-refractivity contribution in [1.29, 1.82) is 0 Å². The Morgan fingerprint density at radius 2 is 1.38 bits per heavy atom. The van der Waals surface area contributed by atoms with Crippen molar-refractivity contribution in [2.45, 2.75) is 18.6 Å². The van der Waals surface area contributed by atoms with Crippen LogP contribution in [0.15, 0.2) is 114 Å². The molecule has 10 nitrogen and oxygen atoms in total. The average molecular weight is 608 g/mol. The molecule has 6 rings (SSSR count). The molecule has 1 saturated heterocycles. The van der Waals surface area contributed by atoms with Gasteiger partial charge >= 0.3 is 6.03 Å². The highest BCUT2D eigenvalue weighted by molar-refractivity contribution is 6.21. The Bertz CT molecular complexity index is 1800. The smallest absolute Gasteiger partial charge is 0.328 e. The molecule has 226 valence electrons. The predicted molar refractivity (Wildman–Crippen MR) is 160 cm³/mol. The minimum Gasteiger partial charge on any atom is -0.467 e. The van der Waals surface area contributed by atoms with Crippen LogP contribution >= 0.6 is 0 Å². The van der Waals surface area contributed by atoms with E-state index >= 15 is 0 Å². The minimum atomic E-state index is -2.02. The number of rotatable bonds is 11. The number of oxazole rings is 1. The molecular formula is C34H26FN3O7. The number of carbonyl (C=O) groups excluding carboxylic acids is 3. The van der Waals surface area contributed by atoms with Crippen molar-refractivity contribution < 1.29 is 37.4 Å². The summed E-state index contributed by atoms with van der Waals surface area (Å²) in [7, 11) is 0. The predicted octanol–water partition coefficient (Wildman–Crippen LogP) is 6.03. The molecule has 4 amide bonds. The van der Waals surface area contributed by atoms with Crippen molar-refractivity contribution in [3.05, 3.63) is 121 Å². The van der Waals surface area contributed by atoms with Gasteiger partial charge in [0.15, 0.2) is 0 Å². The Hall–Kier alpha value is -5.81. The first-order valence-electron chi connectivity index (χ1n) is 14.0. The van der Waals surface area contributed by atoms with Crippen molar-refractivity contribution in [1.82, 2.24) is 15.6 Å². The summed E-state index contributed by atoms with van der Waals surface area (Å²) in [4.78, 5) is 42.0. The van der Waals surface area contributed by atoms with Gasteiger partial charge in [-0.3, -0.25) is 20.2 Å². The maximum absolute atomic E-state index is 14.1. The SMILES string of the molecule is O=C1NC(=O)C(CCOCc2ccccc2)(Oc2ccc(Oc3ccc(-c4nc(-c5ccccc5F)co4)cc3)cc2)C(=O)N1. The van der Waals surface area contributed by atoms with Crippen LogP contribution in [-0.4, -0.2) is 35.0 Å². The average Bonchev–Trinajstić information content (AvgIpc) is 3.54. The maximum Gasteiger partial charge on any atom is 0.328 e. The van der Waals surface area contributed by atoms with Crippen LogP contribution in [0.3, 0.4) is 0 Å². The lowest BCUT2D eigenvalue weighted by atomic mass is 9.95. The van der Waals surface area contributed by atoms with Crippen LogP contribution < -0.4 is 20.1 Å². The molecule has 0 spiro atoms. The van der Waals surface area contributed by atoms with Crippen molar-refractivity contribution in [2.75, 3.05) is 6.61 Å². The number of imide groups is 2. The molecule has 0 aliphatic carbocycles. The number of hydrogen-bond acceptors (Lipinski definition) is 8. The van der Waals surface area contributed by atoms with Gasteiger partial charge in [0, 0.05) is 17.5 Å².